The molecule has 1 atom stereocenters. The van der Waals surface area contributed by atoms with Crippen LogP contribution in [0.1, 0.15) is 39.7 Å². The van der Waals surface area contributed by atoms with Crippen molar-refractivity contribution in [3.63, 3.8) is 0 Å². The van der Waals surface area contributed by atoms with Gasteiger partial charge in [0.1, 0.15) is 0 Å². The molecule has 19 heavy (non-hydrogen) atoms. The van der Waals surface area contributed by atoms with Gasteiger partial charge in [-0.15, -0.1) is 0 Å². The Bertz CT molecular complexity index is 396. The average Bonchev–Trinajstić information content (AvgIpc) is 2.36. The first-order chi connectivity index (χ1) is 8.90. The van der Waals surface area contributed by atoms with Gasteiger partial charge in [-0.1, -0.05) is 32.9 Å². The summed E-state index contributed by atoms with van der Waals surface area (Å²) in [5, 5.41) is 0. The third kappa shape index (κ3) is 4.43. The van der Waals surface area contributed by atoms with E-state index >= 15 is 0 Å². The summed E-state index contributed by atoms with van der Waals surface area (Å²) < 4.78 is 11.1. The second-order valence-corrected chi connectivity index (χ2v) is 5.89. The smallest absolute Gasteiger partial charge is 0.164 e. The van der Waals surface area contributed by atoms with E-state index in [1.165, 1.54) is 5.56 Å². The predicted octanol–water partition coefficient (Wildman–Crippen LogP) is 3.40. The highest BCUT2D eigenvalue weighted by Crippen LogP contribution is 2.32. The fourth-order valence-corrected chi connectivity index (χ4v) is 1.97. The van der Waals surface area contributed by atoms with Gasteiger partial charge in [0.15, 0.2) is 11.5 Å². The normalized spacial score (nSPS) is 13.2. The van der Waals surface area contributed by atoms with Crippen molar-refractivity contribution in [1.82, 2.24) is 0 Å². The largest absolute Gasteiger partial charge is 0.493 e. The molecule has 0 saturated carbocycles. The lowest BCUT2D eigenvalue weighted by atomic mass is 9.84. The fraction of sp³-hybridized carbons (Fsp3) is 0.625. The molecule has 0 fully saturated rings. The molecule has 108 valence electrons. The van der Waals surface area contributed by atoms with E-state index in [-0.39, 0.29) is 11.5 Å². The van der Waals surface area contributed by atoms with Gasteiger partial charge in [0.2, 0.25) is 0 Å². The molecule has 0 saturated heterocycles. The Kier molecular flexibility index (Phi) is 5.67. The number of ether oxygens (including phenoxy) is 2. The van der Waals surface area contributed by atoms with Crippen LogP contribution in [0.2, 0.25) is 0 Å². The number of hydrogen-bond donors (Lipinski definition) is 1. The van der Waals surface area contributed by atoms with Crippen LogP contribution >= 0.6 is 0 Å². The summed E-state index contributed by atoms with van der Waals surface area (Å²) in [5.74, 6) is 1.65. The van der Waals surface area contributed by atoms with Crippen LogP contribution in [0.3, 0.4) is 0 Å². The highest BCUT2D eigenvalue weighted by Gasteiger charge is 2.21. The lowest BCUT2D eigenvalue weighted by molar-refractivity contribution is 0.295. The van der Waals surface area contributed by atoms with E-state index in [0.717, 1.165) is 24.3 Å². The standard InChI is InChI=1S/C16H27NO2/c1-6-19-15-12(8-7-9-13(15)18-5)10-11-14(17)16(2,3)4/h7-9,14H,6,10-11,17H2,1-5H3. The second kappa shape index (κ2) is 6.80. The van der Waals surface area contributed by atoms with Crippen LogP contribution in [-0.2, 0) is 6.42 Å². The molecule has 2 N–H and O–H groups in total. The lowest BCUT2D eigenvalue weighted by Gasteiger charge is -2.27. The number of hydrogen-bond acceptors (Lipinski definition) is 3. The zero-order valence-corrected chi connectivity index (χ0v) is 12.8. The lowest BCUT2D eigenvalue weighted by Crippen LogP contribution is -2.35. The maximum Gasteiger partial charge on any atom is 0.164 e. The van der Waals surface area contributed by atoms with Gasteiger partial charge in [-0.3, -0.25) is 0 Å². The molecule has 1 rings (SSSR count). The van der Waals surface area contributed by atoms with E-state index in [1.807, 2.05) is 19.1 Å². The minimum Gasteiger partial charge on any atom is -0.493 e. The summed E-state index contributed by atoms with van der Waals surface area (Å²) in [5.41, 5.74) is 7.52. The third-order valence-corrected chi connectivity index (χ3v) is 3.41. The molecule has 3 nitrogen and oxygen atoms in total. The Morgan fingerprint density at radius 1 is 1.26 bits per heavy atom. The Morgan fingerprint density at radius 3 is 2.47 bits per heavy atom. The Balaban J connectivity index is 2.83. The van der Waals surface area contributed by atoms with Gasteiger partial charge in [0, 0.05) is 6.04 Å². The van der Waals surface area contributed by atoms with Crippen LogP contribution in [-0.4, -0.2) is 19.8 Å². The molecular formula is C16H27NO2. The third-order valence-electron chi connectivity index (χ3n) is 3.41. The number of nitrogens with two attached hydrogens (primary N) is 1. The Morgan fingerprint density at radius 2 is 1.95 bits per heavy atom. The number of benzene rings is 1. The molecular weight excluding hydrogens is 238 g/mol. The van der Waals surface area contributed by atoms with Gasteiger partial charge in [-0.2, -0.15) is 0 Å². The van der Waals surface area contributed by atoms with Crippen LogP contribution in [0, 0.1) is 5.41 Å². The van der Waals surface area contributed by atoms with E-state index in [2.05, 4.69) is 26.8 Å². The summed E-state index contributed by atoms with van der Waals surface area (Å²) >= 11 is 0. The van der Waals surface area contributed by atoms with Crippen LogP contribution < -0.4 is 15.2 Å². The first kappa shape index (κ1) is 15.8. The number of methoxy groups -OCH3 is 1. The van der Waals surface area contributed by atoms with E-state index in [1.54, 1.807) is 7.11 Å². The van der Waals surface area contributed by atoms with Gasteiger partial charge < -0.3 is 15.2 Å². The molecule has 3 heteroatoms. The average molecular weight is 265 g/mol. The number of rotatable bonds is 6. The molecule has 0 radical (unpaired) electrons. The van der Waals surface area contributed by atoms with Gasteiger partial charge in [0.25, 0.3) is 0 Å². The molecule has 0 aromatic heterocycles. The maximum absolute atomic E-state index is 6.22. The molecule has 1 unspecified atom stereocenters. The van der Waals surface area contributed by atoms with E-state index < -0.39 is 0 Å². The summed E-state index contributed by atoms with van der Waals surface area (Å²) in [6, 6.07) is 6.19. The Hall–Kier alpha value is -1.22. The van der Waals surface area contributed by atoms with Crippen molar-refractivity contribution in [2.45, 2.75) is 46.6 Å². The van der Waals surface area contributed by atoms with Crippen LogP contribution in [0.15, 0.2) is 18.2 Å². The van der Waals surface area contributed by atoms with Gasteiger partial charge in [-0.05, 0) is 36.8 Å². The van der Waals surface area contributed by atoms with Crippen molar-refractivity contribution >= 4 is 0 Å². The van der Waals surface area contributed by atoms with Crippen LogP contribution in [0.25, 0.3) is 0 Å². The molecule has 0 bridgehead atoms. The van der Waals surface area contributed by atoms with Crippen molar-refractivity contribution in [3.05, 3.63) is 23.8 Å². The van der Waals surface area contributed by atoms with Crippen molar-refractivity contribution in [2.24, 2.45) is 11.1 Å². The molecule has 1 aromatic rings. The first-order valence-corrected chi connectivity index (χ1v) is 6.94. The van der Waals surface area contributed by atoms with Crippen molar-refractivity contribution < 1.29 is 9.47 Å². The summed E-state index contributed by atoms with van der Waals surface area (Å²) in [6.45, 7) is 9.14. The van der Waals surface area contributed by atoms with E-state index in [9.17, 15) is 0 Å². The zero-order valence-electron chi connectivity index (χ0n) is 12.8. The van der Waals surface area contributed by atoms with E-state index in [4.69, 9.17) is 15.2 Å². The SMILES string of the molecule is CCOc1c(CCC(N)C(C)(C)C)cccc1OC. The maximum atomic E-state index is 6.22. The fourth-order valence-electron chi connectivity index (χ4n) is 1.97. The first-order valence-electron chi connectivity index (χ1n) is 6.94. The molecule has 0 aliphatic carbocycles. The summed E-state index contributed by atoms with van der Waals surface area (Å²) in [4.78, 5) is 0. The monoisotopic (exact) mass is 265 g/mol. The van der Waals surface area contributed by atoms with Gasteiger partial charge >= 0.3 is 0 Å². The summed E-state index contributed by atoms with van der Waals surface area (Å²) in [6.07, 6.45) is 1.85. The van der Waals surface area contributed by atoms with Crippen molar-refractivity contribution in [1.29, 1.82) is 0 Å². The molecule has 0 spiro atoms. The van der Waals surface area contributed by atoms with Gasteiger partial charge in [-0.25, -0.2) is 0 Å². The predicted molar refractivity (Wildman–Crippen MR) is 79.9 cm³/mol. The van der Waals surface area contributed by atoms with Crippen LogP contribution in [0.4, 0.5) is 0 Å². The Labute approximate surface area is 117 Å². The molecule has 0 aliphatic rings. The van der Waals surface area contributed by atoms with Crippen LogP contribution in [0.5, 0.6) is 11.5 Å². The highest BCUT2D eigenvalue weighted by atomic mass is 16.5. The van der Waals surface area contributed by atoms with Crippen molar-refractivity contribution in [2.75, 3.05) is 13.7 Å². The van der Waals surface area contributed by atoms with Crippen molar-refractivity contribution in [3.8, 4) is 11.5 Å². The second-order valence-electron chi connectivity index (χ2n) is 5.89. The molecule has 1 aromatic carbocycles. The summed E-state index contributed by atoms with van der Waals surface area (Å²) in [7, 11) is 1.67. The highest BCUT2D eigenvalue weighted by molar-refractivity contribution is 5.46. The quantitative estimate of drug-likeness (QED) is 0.857. The minimum absolute atomic E-state index is 0.130. The number of para-hydroxylation sites is 1. The molecule has 0 heterocycles. The topological polar surface area (TPSA) is 44.5 Å². The van der Waals surface area contributed by atoms with E-state index in [0.29, 0.717) is 6.61 Å². The minimum atomic E-state index is 0.130. The zero-order chi connectivity index (χ0) is 14.5. The number of aryl methyl sites for hydroxylation is 1. The molecule has 0 amide bonds. The molecule has 0 aliphatic heterocycles. The van der Waals surface area contributed by atoms with Gasteiger partial charge in [0.05, 0.1) is 13.7 Å².